The Morgan fingerprint density at radius 2 is 1.27 bits per heavy atom. The first-order chi connectivity index (χ1) is 9.65. The van der Waals surface area contributed by atoms with Gasteiger partial charge in [-0.15, -0.1) is 0 Å². The number of rotatable bonds is 6. The van der Waals surface area contributed by atoms with Crippen molar-refractivity contribution in [2.75, 3.05) is 0 Å². The lowest BCUT2D eigenvalue weighted by atomic mass is 9.86. The van der Waals surface area contributed by atoms with Gasteiger partial charge in [-0.25, -0.2) is 0 Å². The van der Waals surface area contributed by atoms with Crippen LogP contribution in [0.4, 0.5) is 0 Å². The Kier molecular flexibility index (Phi) is 7.15. The van der Waals surface area contributed by atoms with Crippen molar-refractivity contribution in [2.24, 2.45) is 5.41 Å². The van der Waals surface area contributed by atoms with E-state index < -0.39 is 47.1 Å². The maximum absolute atomic E-state index is 11.8. The first-order valence-corrected chi connectivity index (χ1v) is 7.23. The van der Waals surface area contributed by atoms with E-state index in [1.54, 1.807) is 41.5 Å². The van der Waals surface area contributed by atoms with E-state index in [0.29, 0.717) is 0 Å². The Morgan fingerprint density at radius 3 is 1.64 bits per heavy atom. The molecule has 1 amide bonds. The Hall–Kier alpha value is -1.02. The fourth-order valence-electron chi connectivity index (χ4n) is 1.79. The highest BCUT2D eigenvalue weighted by atomic mass is 16.4. The van der Waals surface area contributed by atoms with Gasteiger partial charge in [-0.2, -0.15) is 0 Å². The monoisotopic (exact) mass is 319 g/mol. The summed E-state index contributed by atoms with van der Waals surface area (Å²) in [5.41, 5.74) is -1.03. The maximum atomic E-state index is 11.8. The second kappa shape index (κ2) is 7.50. The van der Waals surface area contributed by atoms with Crippen molar-refractivity contribution in [1.29, 1.82) is 0 Å². The van der Waals surface area contributed by atoms with Gasteiger partial charge in [0.25, 0.3) is 5.91 Å². The molecule has 5 N–H and O–H groups in total. The molecular weight excluding hydrogens is 290 g/mol. The molecule has 0 saturated carbocycles. The summed E-state index contributed by atoms with van der Waals surface area (Å²) in [6.45, 7) is 10.4. The molecule has 0 aromatic carbocycles. The number of carbonyl (C=O) groups is 2. The summed E-state index contributed by atoms with van der Waals surface area (Å²) in [4.78, 5) is 23.5. The van der Waals surface area contributed by atoms with Gasteiger partial charge in [0.05, 0.1) is 0 Å². The molecule has 0 rings (SSSR count). The molecule has 0 aromatic rings. The molecule has 0 aliphatic carbocycles. The van der Waals surface area contributed by atoms with Crippen LogP contribution in [-0.4, -0.2) is 62.1 Å². The first-order valence-electron chi connectivity index (χ1n) is 7.23. The quantitative estimate of drug-likeness (QED) is 0.443. The second-order valence-electron chi connectivity index (χ2n) is 7.81. The lowest BCUT2D eigenvalue weighted by Gasteiger charge is -2.29. The smallest absolute Gasteiger partial charge is 0.252 e. The average Bonchev–Trinajstić information content (AvgIpc) is 2.30. The molecule has 0 unspecified atom stereocenters. The molecule has 130 valence electrons. The number of aliphatic hydroxyl groups is 4. The SMILES string of the molecule is CC(C)(C)CC(=O)[C@@H](O)[C@H](O)[C@@H](O)[C@H](O)C(=O)NC(C)(C)C. The van der Waals surface area contributed by atoms with E-state index in [9.17, 15) is 30.0 Å². The minimum absolute atomic E-state index is 0.0117. The summed E-state index contributed by atoms with van der Waals surface area (Å²) in [5, 5.41) is 41.6. The third-order valence-electron chi connectivity index (χ3n) is 2.80. The van der Waals surface area contributed by atoms with Crippen molar-refractivity contribution in [3.05, 3.63) is 0 Å². The average molecular weight is 319 g/mol. The fourth-order valence-corrected chi connectivity index (χ4v) is 1.79. The Morgan fingerprint density at radius 1 is 0.864 bits per heavy atom. The van der Waals surface area contributed by atoms with Gasteiger partial charge in [-0.1, -0.05) is 20.8 Å². The molecule has 7 heteroatoms. The number of Topliss-reactive ketones (excluding diaryl/α,β-unsaturated/α-hetero) is 1. The highest BCUT2D eigenvalue weighted by Crippen LogP contribution is 2.21. The van der Waals surface area contributed by atoms with Crippen LogP contribution in [0, 0.1) is 5.41 Å². The zero-order valence-corrected chi connectivity index (χ0v) is 14.1. The third kappa shape index (κ3) is 7.31. The minimum atomic E-state index is -1.97. The van der Waals surface area contributed by atoms with E-state index in [1.165, 1.54) is 0 Å². The van der Waals surface area contributed by atoms with Gasteiger partial charge in [0, 0.05) is 12.0 Å². The molecule has 4 atom stereocenters. The molecule has 7 nitrogen and oxygen atoms in total. The lowest BCUT2D eigenvalue weighted by molar-refractivity contribution is -0.156. The van der Waals surface area contributed by atoms with Crippen LogP contribution in [0.2, 0.25) is 0 Å². The van der Waals surface area contributed by atoms with Crippen LogP contribution in [-0.2, 0) is 9.59 Å². The number of aliphatic hydroxyl groups excluding tert-OH is 4. The van der Waals surface area contributed by atoms with E-state index >= 15 is 0 Å². The highest BCUT2D eigenvalue weighted by Gasteiger charge is 2.38. The molecule has 22 heavy (non-hydrogen) atoms. The topological polar surface area (TPSA) is 127 Å². The Labute approximate surface area is 131 Å². The van der Waals surface area contributed by atoms with Crippen LogP contribution >= 0.6 is 0 Å². The third-order valence-corrected chi connectivity index (χ3v) is 2.80. The summed E-state index contributed by atoms with van der Waals surface area (Å²) >= 11 is 0. The zero-order valence-electron chi connectivity index (χ0n) is 14.1. The van der Waals surface area contributed by atoms with Crippen molar-refractivity contribution in [1.82, 2.24) is 5.32 Å². The van der Waals surface area contributed by atoms with Crippen LogP contribution in [0.15, 0.2) is 0 Å². The van der Waals surface area contributed by atoms with Crippen molar-refractivity contribution in [3.8, 4) is 0 Å². The number of hydrogen-bond acceptors (Lipinski definition) is 6. The van der Waals surface area contributed by atoms with Crippen LogP contribution in [0.5, 0.6) is 0 Å². The van der Waals surface area contributed by atoms with E-state index in [1.807, 2.05) is 0 Å². The van der Waals surface area contributed by atoms with Crippen molar-refractivity contribution in [3.63, 3.8) is 0 Å². The van der Waals surface area contributed by atoms with E-state index in [-0.39, 0.29) is 6.42 Å². The van der Waals surface area contributed by atoms with E-state index in [4.69, 9.17) is 0 Å². The molecule has 0 aromatic heterocycles. The summed E-state index contributed by atoms with van der Waals surface area (Å²) in [5.74, 6) is -1.56. The molecule has 0 bridgehead atoms. The van der Waals surface area contributed by atoms with Crippen LogP contribution in [0.3, 0.4) is 0 Å². The largest absolute Gasteiger partial charge is 0.387 e. The lowest BCUT2D eigenvalue weighted by Crippen LogP contribution is -2.55. The standard InChI is InChI=1S/C15H29NO6/c1-14(2,3)7-8(17)9(18)10(19)11(20)12(21)13(22)16-15(4,5)6/h9-12,18-21H,7H2,1-6H3,(H,16,22)/t9-,10+,11-,12+/m1/s1. The molecule has 0 saturated heterocycles. The minimum Gasteiger partial charge on any atom is -0.387 e. The Balaban J connectivity index is 4.80. The second-order valence-corrected chi connectivity index (χ2v) is 7.81. The van der Waals surface area contributed by atoms with Crippen LogP contribution in [0.1, 0.15) is 48.0 Å². The van der Waals surface area contributed by atoms with Gasteiger partial charge in [0.1, 0.15) is 18.3 Å². The fraction of sp³-hybridized carbons (Fsp3) is 0.867. The number of nitrogens with one attached hydrogen (secondary N) is 1. The molecular formula is C15H29NO6. The molecule has 0 heterocycles. The van der Waals surface area contributed by atoms with Gasteiger partial charge in [0.15, 0.2) is 11.9 Å². The molecule has 0 aliphatic heterocycles. The zero-order chi connectivity index (χ0) is 17.9. The van der Waals surface area contributed by atoms with Crippen LogP contribution < -0.4 is 5.32 Å². The van der Waals surface area contributed by atoms with Crippen molar-refractivity contribution >= 4 is 11.7 Å². The van der Waals surface area contributed by atoms with E-state index in [0.717, 1.165) is 0 Å². The van der Waals surface area contributed by atoms with Gasteiger partial charge in [-0.05, 0) is 26.2 Å². The predicted molar refractivity (Wildman–Crippen MR) is 81.0 cm³/mol. The number of ketones is 1. The van der Waals surface area contributed by atoms with Gasteiger partial charge < -0.3 is 25.7 Å². The summed E-state index contributed by atoms with van der Waals surface area (Å²) in [6, 6.07) is 0. The Bertz CT molecular complexity index is 358. The number of amides is 1. The predicted octanol–water partition coefficient (Wildman–Crippen LogP) is -0.650. The maximum Gasteiger partial charge on any atom is 0.252 e. The summed E-state index contributed by atoms with van der Waals surface area (Å²) < 4.78 is 0. The molecule has 0 radical (unpaired) electrons. The summed E-state index contributed by atoms with van der Waals surface area (Å²) in [7, 11) is 0. The van der Waals surface area contributed by atoms with Crippen molar-refractivity contribution in [2.45, 2.75) is 77.9 Å². The van der Waals surface area contributed by atoms with E-state index in [2.05, 4.69) is 5.32 Å². The van der Waals surface area contributed by atoms with Gasteiger partial charge in [-0.3, -0.25) is 9.59 Å². The van der Waals surface area contributed by atoms with Crippen molar-refractivity contribution < 1.29 is 30.0 Å². The molecule has 0 fully saturated rings. The normalized spacial score (nSPS) is 18.3. The highest BCUT2D eigenvalue weighted by molar-refractivity contribution is 5.85. The first kappa shape index (κ1) is 21.0. The number of hydrogen-bond donors (Lipinski definition) is 5. The van der Waals surface area contributed by atoms with Crippen LogP contribution in [0.25, 0.3) is 0 Å². The van der Waals surface area contributed by atoms with Gasteiger partial charge in [0.2, 0.25) is 0 Å². The molecule has 0 spiro atoms. The molecule has 0 aliphatic rings. The number of carbonyl (C=O) groups excluding carboxylic acids is 2. The summed E-state index contributed by atoms with van der Waals surface area (Å²) in [6.07, 6.45) is -7.75. The van der Waals surface area contributed by atoms with Gasteiger partial charge >= 0.3 is 0 Å².